The van der Waals surface area contributed by atoms with Crippen molar-refractivity contribution in [3.8, 4) is 0 Å². The predicted octanol–water partition coefficient (Wildman–Crippen LogP) is 2.46. The number of rotatable bonds is 5. The van der Waals surface area contributed by atoms with Gasteiger partial charge in [0.15, 0.2) is 5.76 Å². The molecule has 3 nitrogen and oxygen atoms in total. The minimum absolute atomic E-state index is 0.362. The smallest absolute Gasteiger partial charge is 0.291 e. The van der Waals surface area contributed by atoms with E-state index in [0.717, 1.165) is 5.56 Å². The first-order valence-electron chi connectivity index (χ1n) is 4.58. The van der Waals surface area contributed by atoms with E-state index in [1.165, 1.54) is 14.2 Å². The number of hydrogen-bond acceptors (Lipinski definition) is 3. The lowest BCUT2D eigenvalue weighted by Gasteiger charge is -2.13. The highest BCUT2D eigenvalue weighted by atomic mass is 16.7. The molecule has 3 heteroatoms. The largest absolute Gasteiger partial charge is 0.495 e. The fourth-order valence-corrected chi connectivity index (χ4v) is 1.19. The van der Waals surface area contributed by atoms with E-state index in [9.17, 15) is 0 Å². The Hall–Kier alpha value is -1.32. The second-order valence-electron chi connectivity index (χ2n) is 2.82. The SMILES string of the molecule is CO[C](OC)/C(=C/c1ccccc1)OC. The highest BCUT2D eigenvalue weighted by Gasteiger charge is 2.15. The Morgan fingerprint density at radius 2 is 1.53 bits per heavy atom. The van der Waals surface area contributed by atoms with Crippen LogP contribution in [0.2, 0.25) is 0 Å². The lowest BCUT2D eigenvalue weighted by atomic mass is 10.2. The summed E-state index contributed by atoms with van der Waals surface area (Å²) in [7, 11) is 4.65. The van der Waals surface area contributed by atoms with Crippen molar-refractivity contribution in [2.24, 2.45) is 0 Å². The van der Waals surface area contributed by atoms with Crippen LogP contribution in [0.1, 0.15) is 5.56 Å². The first kappa shape index (κ1) is 11.8. The zero-order chi connectivity index (χ0) is 11.1. The predicted molar refractivity (Wildman–Crippen MR) is 58.7 cm³/mol. The van der Waals surface area contributed by atoms with E-state index in [4.69, 9.17) is 14.2 Å². The average molecular weight is 207 g/mol. The molecule has 1 aromatic rings. The molecule has 0 bridgehead atoms. The fourth-order valence-electron chi connectivity index (χ4n) is 1.19. The summed E-state index contributed by atoms with van der Waals surface area (Å²) >= 11 is 0. The third-order valence-electron chi connectivity index (χ3n) is 1.89. The van der Waals surface area contributed by atoms with Gasteiger partial charge in [-0.3, -0.25) is 0 Å². The molecule has 0 fully saturated rings. The fraction of sp³-hybridized carbons (Fsp3) is 0.250. The normalized spacial score (nSPS) is 11.9. The Bertz CT molecular complexity index is 302. The molecule has 1 radical (unpaired) electrons. The van der Waals surface area contributed by atoms with Crippen LogP contribution in [0, 0.1) is 6.29 Å². The minimum Gasteiger partial charge on any atom is -0.495 e. The summed E-state index contributed by atoms with van der Waals surface area (Å²) in [5.74, 6) is 0.561. The van der Waals surface area contributed by atoms with Gasteiger partial charge in [-0.1, -0.05) is 30.3 Å². The Balaban J connectivity index is 2.86. The molecule has 0 amide bonds. The summed E-state index contributed by atoms with van der Waals surface area (Å²) < 4.78 is 15.2. The van der Waals surface area contributed by atoms with Crippen LogP contribution >= 0.6 is 0 Å². The van der Waals surface area contributed by atoms with Gasteiger partial charge in [0.2, 0.25) is 0 Å². The van der Waals surface area contributed by atoms with Gasteiger partial charge in [-0.05, 0) is 11.6 Å². The van der Waals surface area contributed by atoms with Gasteiger partial charge in [0.1, 0.15) is 0 Å². The number of ether oxygens (including phenoxy) is 3. The molecule has 1 rings (SSSR count). The van der Waals surface area contributed by atoms with Gasteiger partial charge >= 0.3 is 0 Å². The van der Waals surface area contributed by atoms with Crippen LogP contribution in [0.5, 0.6) is 0 Å². The molecule has 1 aromatic carbocycles. The van der Waals surface area contributed by atoms with Crippen LogP contribution in [0.4, 0.5) is 0 Å². The summed E-state index contributed by atoms with van der Waals surface area (Å²) in [4.78, 5) is 0. The van der Waals surface area contributed by atoms with Gasteiger partial charge in [0, 0.05) is 14.2 Å². The Kier molecular flexibility index (Phi) is 4.87. The molecule has 0 aliphatic carbocycles. The third-order valence-corrected chi connectivity index (χ3v) is 1.89. The number of hydrogen-bond donors (Lipinski definition) is 0. The quantitative estimate of drug-likeness (QED) is 0.694. The maximum absolute atomic E-state index is 5.17. The molecular formula is C12H15O3. The van der Waals surface area contributed by atoms with Gasteiger partial charge in [0.25, 0.3) is 6.29 Å². The Morgan fingerprint density at radius 1 is 0.933 bits per heavy atom. The van der Waals surface area contributed by atoms with Crippen molar-refractivity contribution in [3.05, 3.63) is 47.9 Å². The maximum Gasteiger partial charge on any atom is 0.291 e. The number of methoxy groups -OCH3 is 3. The van der Waals surface area contributed by atoms with Gasteiger partial charge in [-0.15, -0.1) is 0 Å². The van der Waals surface area contributed by atoms with Crippen molar-refractivity contribution >= 4 is 6.08 Å². The number of benzene rings is 1. The van der Waals surface area contributed by atoms with Gasteiger partial charge < -0.3 is 14.2 Å². The van der Waals surface area contributed by atoms with Gasteiger partial charge in [-0.25, -0.2) is 0 Å². The zero-order valence-electron chi connectivity index (χ0n) is 9.19. The maximum atomic E-state index is 5.17. The van der Waals surface area contributed by atoms with Crippen LogP contribution in [0.15, 0.2) is 36.1 Å². The van der Waals surface area contributed by atoms with Crippen molar-refractivity contribution in [3.63, 3.8) is 0 Å². The summed E-state index contributed by atoms with van der Waals surface area (Å²) in [5.41, 5.74) is 1.03. The van der Waals surface area contributed by atoms with Crippen molar-refractivity contribution in [1.29, 1.82) is 0 Å². The monoisotopic (exact) mass is 207 g/mol. The average Bonchev–Trinajstić information content (AvgIpc) is 2.30. The molecule has 0 aromatic heterocycles. The van der Waals surface area contributed by atoms with Crippen LogP contribution in [-0.2, 0) is 14.2 Å². The summed E-state index contributed by atoms with van der Waals surface area (Å²) in [5, 5.41) is 0. The van der Waals surface area contributed by atoms with E-state index in [-0.39, 0.29) is 0 Å². The topological polar surface area (TPSA) is 27.7 Å². The van der Waals surface area contributed by atoms with Crippen LogP contribution in [0.25, 0.3) is 6.08 Å². The molecule has 0 aliphatic heterocycles. The molecule has 0 atom stereocenters. The first-order valence-corrected chi connectivity index (χ1v) is 4.58. The van der Waals surface area contributed by atoms with Crippen LogP contribution in [-0.4, -0.2) is 21.3 Å². The van der Waals surface area contributed by atoms with Crippen molar-refractivity contribution < 1.29 is 14.2 Å². The van der Waals surface area contributed by atoms with E-state index in [1.54, 1.807) is 7.11 Å². The summed E-state index contributed by atoms with van der Waals surface area (Å²) in [6.45, 7) is 0. The van der Waals surface area contributed by atoms with Crippen LogP contribution < -0.4 is 0 Å². The molecule has 15 heavy (non-hydrogen) atoms. The first-order chi connectivity index (χ1) is 7.31. The highest BCUT2D eigenvalue weighted by molar-refractivity contribution is 5.53. The van der Waals surface area contributed by atoms with Crippen LogP contribution in [0.3, 0.4) is 0 Å². The molecule has 81 valence electrons. The summed E-state index contributed by atoms with van der Waals surface area (Å²) in [6, 6.07) is 9.82. The van der Waals surface area contributed by atoms with E-state index in [0.29, 0.717) is 12.0 Å². The van der Waals surface area contributed by atoms with E-state index in [2.05, 4.69) is 0 Å². The van der Waals surface area contributed by atoms with E-state index >= 15 is 0 Å². The standard InChI is InChI=1S/C12H15O3/c1-13-11(12(14-2)15-3)9-10-7-5-4-6-8-10/h4-9H,1-3H3/b11-9-. The van der Waals surface area contributed by atoms with Crippen molar-refractivity contribution in [2.45, 2.75) is 0 Å². The van der Waals surface area contributed by atoms with Gasteiger partial charge in [0.05, 0.1) is 7.11 Å². The molecule has 0 heterocycles. The molecular weight excluding hydrogens is 192 g/mol. The van der Waals surface area contributed by atoms with Crippen molar-refractivity contribution in [2.75, 3.05) is 21.3 Å². The molecule has 0 saturated carbocycles. The summed E-state index contributed by atoms with van der Waals surface area (Å²) in [6.07, 6.45) is 2.21. The van der Waals surface area contributed by atoms with Crippen molar-refractivity contribution in [1.82, 2.24) is 0 Å². The lowest BCUT2D eigenvalue weighted by molar-refractivity contribution is -0.00371. The molecule has 0 spiro atoms. The minimum atomic E-state index is 0.362. The second-order valence-corrected chi connectivity index (χ2v) is 2.82. The molecule has 0 N–H and O–H groups in total. The van der Waals surface area contributed by atoms with E-state index < -0.39 is 0 Å². The molecule has 0 saturated heterocycles. The lowest BCUT2D eigenvalue weighted by Crippen LogP contribution is -2.07. The third kappa shape index (κ3) is 3.38. The second kappa shape index (κ2) is 6.22. The highest BCUT2D eigenvalue weighted by Crippen LogP contribution is 2.18. The zero-order valence-corrected chi connectivity index (χ0v) is 9.19. The van der Waals surface area contributed by atoms with Gasteiger partial charge in [-0.2, -0.15) is 0 Å². The Labute approximate surface area is 90.3 Å². The molecule has 0 aliphatic rings. The molecule has 0 unspecified atom stereocenters. The van der Waals surface area contributed by atoms with E-state index in [1.807, 2.05) is 36.4 Å². The Morgan fingerprint density at radius 3 is 2.00 bits per heavy atom.